The number of aromatic nitrogens is 2. The molecule has 1 aromatic carbocycles. The van der Waals surface area contributed by atoms with Crippen LogP contribution in [0.1, 0.15) is 56.5 Å². The van der Waals surface area contributed by atoms with Crippen molar-refractivity contribution in [3.63, 3.8) is 0 Å². The molecule has 31 heavy (non-hydrogen) atoms. The second kappa shape index (κ2) is 10.3. The third-order valence-electron chi connectivity index (χ3n) is 6.14. The minimum atomic E-state index is 0.332. The predicted octanol–water partition coefficient (Wildman–Crippen LogP) is 4.45. The summed E-state index contributed by atoms with van der Waals surface area (Å²) in [6.07, 6.45) is 6.14. The van der Waals surface area contributed by atoms with E-state index in [0.717, 1.165) is 56.0 Å². The highest BCUT2D eigenvalue weighted by atomic mass is 32.1. The fourth-order valence-corrected chi connectivity index (χ4v) is 4.78. The first-order chi connectivity index (χ1) is 14.8. The Kier molecular flexibility index (Phi) is 7.70. The molecule has 3 rings (SSSR count). The van der Waals surface area contributed by atoms with Crippen LogP contribution in [0.4, 0.5) is 17.3 Å². The van der Waals surface area contributed by atoms with Crippen molar-refractivity contribution in [2.75, 3.05) is 29.2 Å². The highest BCUT2D eigenvalue weighted by molar-refractivity contribution is 7.80. The zero-order valence-corrected chi connectivity index (χ0v) is 20.3. The highest BCUT2D eigenvalue weighted by Crippen LogP contribution is 2.34. The van der Waals surface area contributed by atoms with Crippen LogP contribution in [0.15, 0.2) is 24.3 Å². The van der Waals surface area contributed by atoms with Gasteiger partial charge < -0.3 is 20.9 Å². The lowest BCUT2D eigenvalue weighted by Gasteiger charge is -2.39. The van der Waals surface area contributed by atoms with E-state index in [1.165, 1.54) is 16.8 Å². The van der Waals surface area contributed by atoms with E-state index in [9.17, 15) is 0 Å². The van der Waals surface area contributed by atoms with E-state index < -0.39 is 0 Å². The van der Waals surface area contributed by atoms with Crippen LogP contribution in [-0.4, -0.2) is 41.3 Å². The Morgan fingerprint density at radius 1 is 1.10 bits per heavy atom. The van der Waals surface area contributed by atoms with Gasteiger partial charge >= 0.3 is 0 Å². The molecule has 1 aliphatic carbocycles. The summed E-state index contributed by atoms with van der Waals surface area (Å²) < 4.78 is 0. The molecule has 3 N–H and O–H groups in total. The molecule has 0 atom stereocenters. The lowest BCUT2D eigenvalue weighted by Crippen LogP contribution is -2.47. The van der Waals surface area contributed by atoms with E-state index in [2.05, 4.69) is 52.2 Å². The normalized spacial score (nSPS) is 18.5. The molecule has 0 bridgehead atoms. The SMILES string of the molecule is CCc1cccc(CC)c1N(C(N)=S)C1CCC(Nc2cc(N(C)C)nc(C)n2)CC1. The van der Waals surface area contributed by atoms with Gasteiger partial charge in [-0.05, 0) is 68.8 Å². The van der Waals surface area contributed by atoms with Gasteiger partial charge in [-0.2, -0.15) is 0 Å². The summed E-state index contributed by atoms with van der Waals surface area (Å²) in [5, 5.41) is 4.11. The summed E-state index contributed by atoms with van der Waals surface area (Å²) in [4.78, 5) is 13.3. The number of nitrogens with one attached hydrogen (secondary N) is 1. The zero-order chi connectivity index (χ0) is 22.5. The fourth-order valence-electron chi connectivity index (χ4n) is 4.54. The van der Waals surface area contributed by atoms with Crippen molar-refractivity contribution in [2.45, 2.75) is 71.4 Å². The molecule has 0 unspecified atom stereocenters. The Morgan fingerprint density at radius 3 is 2.23 bits per heavy atom. The summed E-state index contributed by atoms with van der Waals surface area (Å²) >= 11 is 5.55. The number of hydrogen-bond acceptors (Lipinski definition) is 5. The van der Waals surface area contributed by atoms with Crippen LogP contribution in [0.2, 0.25) is 0 Å². The van der Waals surface area contributed by atoms with E-state index in [1.807, 2.05) is 32.0 Å². The molecular weight excluding hydrogens is 404 g/mol. The van der Waals surface area contributed by atoms with Crippen LogP contribution in [0.5, 0.6) is 0 Å². The molecule has 0 spiro atoms. The quantitative estimate of drug-likeness (QED) is 0.616. The Bertz CT molecular complexity index is 883. The molecule has 2 aromatic rings. The average molecular weight is 441 g/mol. The summed E-state index contributed by atoms with van der Waals surface area (Å²) in [5.74, 6) is 2.60. The molecule has 168 valence electrons. The summed E-state index contributed by atoms with van der Waals surface area (Å²) in [5.41, 5.74) is 10.2. The molecule has 1 fully saturated rings. The maximum absolute atomic E-state index is 6.29. The smallest absolute Gasteiger partial charge is 0.171 e. The molecule has 1 aromatic heterocycles. The zero-order valence-electron chi connectivity index (χ0n) is 19.5. The number of hydrogen-bond donors (Lipinski definition) is 2. The first-order valence-corrected chi connectivity index (χ1v) is 11.7. The molecule has 1 heterocycles. The van der Waals surface area contributed by atoms with Crippen molar-refractivity contribution in [1.82, 2.24) is 9.97 Å². The number of nitrogens with two attached hydrogens (primary N) is 1. The summed E-state index contributed by atoms with van der Waals surface area (Å²) in [6.45, 7) is 6.33. The first-order valence-electron chi connectivity index (χ1n) is 11.3. The summed E-state index contributed by atoms with van der Waals surface area (Å²) in [7, 11) is 4.00. The van der Waals surface area contributed by atoms with Crippen molar-refractivity contribution in [3.8, 4) is 0 Å². The number of thiocarbonyl (C=S) groups is 1. The van der Waals surface area contributed by atoms with Crippen LogP contribution < -0.4 is 20.9 Å². The molecule has 0 amide bonds. The average Bonchev–Trinajstić information content (AvgIpc) is 2.74. The minimum Gasteiger partial charge on any atom is -0.376 e. The molecular formula is C24H36N6S. The van der Waals surface area contributed by atoms with Crippen molar-refractivity contribution >= 4 is 34.7 Å². The maximum atomic E-state index is 6.29. The molecule has 1 saturated carbocycles. The Labute approximate surface area is 192 Å². The number of benzene rings is 1. The topological polar surface area (TPSA) is 70.3 Å². The van der Waals surface area contributed by atoms with Gasteiger partial charge in [0, 0.05) is 37.9 Å². The van der Waals surface area contributed by atoms with Crippen LogP contribution >= 0.6 is 12.2 Å². The van der Waals surface area contributed by atoms with Crippen LogP contribution in [0, 0.1) is 6.92 Å². The lowest BCUT2D eigenvalue weighted by molar-refractivity contribution is 0.409. The van der Waals surface area contributed by atoms with Gasteiger partial charge in [0.05, 0.1) is 0 Å². The van der Waals surface area contributed by atoms with Crippen LogP contribution in [0.25, 0.3) is 0 Å². The van der Waals surface area contributed by atoms with Gasteiger partial charge in [-0.25, -0.2) is 9.97 Å². The van der Waals surface area contributed by atoms with E-state index >= 15 is 0 Å². The third kappa shape index (κ3) is 5.45. The standard InChI is InChI=1S/C24H36N6S/c1-6-17-9-8-10-18(7-2)23(17)30(24(25)31)20-13-11-19(12-14-20)28-21-15-22(29(4)5)27-16(3)26-21/h8-10,15,19-20H,6-7,11-14H2,1-5H3,(H2,25,31)(H,26,27,28). The lowest BCUT2D eigenvalue weighted by atomic mass is 9.89. The van der Waals surface area contributed by atoms with Crippen LogP contribution in [0.3, 0.4) is 0 Å². The minimum absolute atomic E-state index is 0.332. The molecule has 0 aliphatic heterocycles. The van der Waals surface area contributed by atoms with E-state index in [0.29, 0.717) is 17.2 Å². The van der Waals surface area contributed by atoms with Gasteiger partial charge in [0.1, 0.15) is 17.5 Å². The van der Waals surface area contributed by atoms with E-state index in [4.69, 9.17) is 18.0 Å². The number of nitrogens with zero attached hydrogens (tertiary/aromatic N) is 4. The fraction of sp³-hybridized carbons (Fsp3) is 0.542. The van der Waals surface area contributed by atoms with Crippen LogP contribution in [-0.2, 0) is 12.8 Å². The second-order valence-corrected chi connectivity index (χ2v) is 8.96. The van der Waals surface area contributed by atoms with Gasteiger partial charge in [-0.1, -0.05) is 32.0 Å². The maximum Gasteiger partial charge on any atom is 0.171 e. The van der Waals surface area contributed by atoms with Gasteiger partial charge in [-0.15, -0.1) is 0 Å². The van der Waals surface area contributed by atoms with Crippen molar-refractivity contribution in [1.29, 1.82) is 0 Å². The van der Waals surface area contributed by atoms with Gasteiger partial charge in [0.15, 0.2) is 5.11 Å². The monoisotopic (exact) mass is 440 g/mol. The van der Waals surface area contributed by atoms with Gasteiger partial charge in [-0.3, -0.25) is 0 Å². The van der Waals surface area contributed by atoms with Gasteiger partial charge in [0.25, 0.3) is 0 Å². The third-order valence-corrected chi connectivity index (χ3v) is 6.34. The number of para-hydroxylation sites is 1. The van der Waals surface area contributed by atoms with Crippen molar-refractivity contribution < 1.29 is 0 Å². The Morgan fingerprint density at radius 2 is 1.71 bits per heavy atom. The Hall–Kier alpha value is -2.41. The first kappa shape index (κ1) is 23.3. The molecule has 1 aliphatic rings. The summed E-state index contributed by atoms with van der Waals surface area (Å²) in [6, 6.07) is 9.29. The Balaban J connectivity index is 1.74. The van der Waals surface area contributed by atoms with Crippen molar-refractivity contribution in [2.24, 2.45) is 5.73 Å². The molecule has 0 radical (unpaired) electrons. The largest absolute Gasteiger partial charge is 0.376 e. The predicted molar refractivity (Wildman–Crippen MR) is 135 cm³/mol. The van der Waals surface area contributed by atoms with Gasteiger partial charge in [0.2, 0.25) is 0 Å². The number of rotatable bonds is 7. The van der Waals surface area contributed by atoms with E-state index in [-0.39, 0.29) is 0 Å². The molecule has 0 saturated heterocycles. The second-order valence-electron chi connectivity index (χ2n) is 8.54. The number of anilines is 3. The molecule has 7 heteroatoms. The number of aryl methyl sites for hydroxylation is 3. The molecule has 6 nitrogen and oxygen atoms in total. The highest BCUT2D eigenvalue weighted by Gasteiger charge is 2.30. The van der Waals surface area contributed by atoms with E-state index in [1.54, 1.807) is 0 Å². The van der Waals surface area contributed by atoms with Crippen molar-refractivity contribution in [3.05, 3.63) is 41.2 Å².